The molecule has 10 nitrogen and oxygen atoms in total. The fourth-order valence-corrected chi connectivity index (χ4v) is 3.80. The van der Waals surface area contributed by atoms with Crippen LogP contribution in [0.2, 0.25) is 0 Å². The van der Waals surface area contributed by atoms with Gasteiger partial charge in [-0.25, -0.2) is 9.38 Å². The molecule has 3 rings (SSSR count). The van der Waals surface area contributed by atoms with E-state index >= 15 is 0 Å². The lowest BCUT2D eigenvalue weighted by Gasteiger charge is -2.40. The number of hydrogen-bond donors (Lipinski definition) is 1. The van der Waals surface area contributed by atoms with Crippen LogP contribution in [0.25, 0.3) is 0 Å². The molecule has 11 heteroatoms. The molecule has 0 aromatic heterocycles. The highest BCUT2D eigenvalue weighted by Crippen LogP contribution is 2.23. The van der Waals surface area contributed by atoms with Crippen LogP contribution in [0.15, 0.2) is 23.2 Å². The molecule has 0 aliphatic carbocycles. The number of benzene rings is 1. The zero-order valence-electron chi connectivity index (χ0n) is 18.9. The molecular weight excluding hydrogens is 433 g/mol. The molecule has 1 aromatic rings. The van der Waals surface area contributed by atoms with Gasteiger partial charge in [0.15, 0.2) is 6.04 Å². The summed E-state index contributed by atoms with van der Waals surface area (Å²) in [5.41, 5.74) is 1.03. The van der Waals surface area contributed by atoms with Crippen molar-refractivity contribution in [2.75, 3.05) is 27.7 Å². The Morgan fingerprint density at radius 1 is 1.18 bits per heavy atom. The van der Waals surface area contributed by atoms with Gasteiger partial charge in [-0.15, -0.1) is 0 Å². The van der Waals surface area contributed by atoms with Gasteiger partial charge in [0.1, 0.15) is 11.7 Å². The molecule has 2 aliphatic heterocycles. The smallest absolute Gasteiger partial charge is 0.312 e. The topological polar surface area (TPSA) is 119 Å². The summed E-state index contributed by atoms with van der Waals surface area (Å²) >= 11 is 0. The standard InChI is InChI=1S/C22H26FN5O5/c1-12-10-13(7-8-14(12)23)11-24-19(30)16-17(29)20(31)28-9-5-6-15(18(28)25-16)27(4)22(33)21(32)26(2)3/h7-8,10,15-16H,5-6,9,11H2,1-4H3,(H,24,30)/t15-,16?/m1/s1. The van der Waals surface area contributed by atoms with Crippen LogP contribution in [0.3, 0.4) is 0 Å². The molecular formula is C22H26FN5O5. The van der Waals surface area contributed by atoms with E-state index in [1.54, 1.807) is 13.0 Å². The van der Waals surface area contributed by atoms with E-state index in [1.165, 1.54) is 43.1 Å². The average Bonchev–Trinajstić information content (AvgIpc) is 2.79. The normalized spacial score (nSPS) is 20.0. The van der Waals surface area contributed by atoms with Crippen LogP contribution in [-0.4, -0.2) is 89.7 Å². The molecule has 0 radical (unpaired) electrons. The summed E-state index contributed by atoms with van der Waals surface area (Å²) in [7, 11) is 4.32. The number of likely N-dealkylation sites (N-methyl/N-ethyl adjacent to an activating group) is 2. The predicted molar refractivity (Wildman–Crippen MR) is 115 cm³/mol. The molecule has 2 atom stereocenters. The Labute approximate surface area is 190 Å². The lowest BCUT2D eigenvalue weighted by molar-refractivity contribution is -0.151. The summed E-state index contributed by atoms with van der Waals surface area (Å²) < 4.78 is 13.4. The molecule has 33 heavy (non-hydrogen) atoms. The number of amides is 4. The minimum Gasteiger partial charge on any atom is -0.350 e. The van der Waals surface area contributed by atoms with Crippen molar-refractivity contribution in [3.05, 3.63) is 35.1 Å². The molecule has 0 saturated carbocycles. The Morgan fingerprint density at radius 2 is 1.88 bits per heavy atom. The van der Waals surface area contributed by atoms with E-state index < -0.39 is 41.5 Å². The molecule has 1 saturated heterocycles. The first-order valence-corrected chi connectivity index (χ1v) is 10.5. The molecule has 176 valence electrons. The van der Waals surface area contributed by atoms with E-state index in [0.717, 1.165) is 4.90 Å². The second-order valence-electron chi connectivity index (χ2n) is 8.29. The highest BCUT2D eigenvalue weighted by Gasteiger charge is 2.46. The molecule has 0 spiro atoms. The predicted octanol–water partition coefficient (Wildman–Crippen LogP) is -0.362. The number of Topliss-reactive ketones (excluding diaryl/α,β-unsaturated/α-hetero) is 1. The van der Waals surface area contributed by atoms with Crippen molar-refractivity contribution in [3.63, 3.8) is 0 Å². The van der Waals surface area contributed by atoms with Gasteiger partial charge in [-0.2, -0.15) is 0 Å². The lowest BCUT2D eigenvalue weighted by atomic mass is 9.98. The lowest BCUT2D eigenvalue weighted by Crippen LogP contribution is -2.62. The Hall–Kier alpha value is -3.63. The number of carbonyl (C=O) groups is 5. The van der Waals surface area contributed by atoms with E-state index in [9.17, 15) is 28.4 Å². The van der Waals surface area contributed by atoms with Gasteiger partial charge in [-0.3, -0.25) is 28.9 Å². The number of rotatable bonds is 4. The van der Waals surface area contributed by atoms with Crippen molar-refractivity contribution in [2.24, 2.45) is 4.99 Å². The summed E-state index contributed by atoms with van der Waals surface area (Å²) in [4.78, 5) is 70.4. The minimum atomic E-state index is -1.60. The van der Waals surface area contributed by atoms with Gasteiger partial charge in [0.2, 0.25) is 0 Å². The van der Waals surface area contributed by atoms with Gasteiger partial charge >= 0.3 is 11.8 Å². The average molecular weight is 459 g/mol. The van der Waals surface area contributed by atoms with Gasteiger partial charge in [-0.1, -0.05) is 12.1 Å². The number of piperidine rings is 1. The summed E-state index contributed by atoms with van der Waals surface area (Å²) in [5.74, 6) is -4.40. The number of aliphatic imine (C=N–C) groups is 1. The fourth-order valence-electron chi connectivity index (χ4n) is 3.80. The first kappa shape index (κ1) is 24.0. The number of fused-ring (bicyclic) bond motifs is 1. The summed E-state index contributed by atoms with van der Waals surface area (Å²) in [5, 5.41) is 2.56. The van der Waals surface area contributed by atoms with Crippen molar-refractivity contribution in [2.45, 2.75) is 38.4 Å². The number of amidine groups is 1. The van der Waals surface area contributed by atoms with Crippen LogP contribution < -0.4 is 5.32 Å². The van der Waals surface area contributed by atoms with E-state index in [-0.39, 0.29) is 24.7 Å². The van der Waals surface area contributed by atoms with Gasteiger partial charge in [0.25, 0.3) is 17.6 Å². The number of nitrogens with zero attached hydrogens (tertiary/aromatic N) is 4. The number of halogens is 1. The maximum absolute atomic E-state index is 13.4. The second kappa shape index (κ2) is 9.47. The third-order valence-electron chi connectivity index (χ3n) is 5.71. The third kappa shape index (κ3) is 4.76. The highest BCUT2D eigenvalue weighted by atomic mass is 19.1. The van der Waals surface area contributed by atoms with Crippen LogP contribution in [0.5, 0.6) is 0 Å². The van der Waals surface area contributed by atoms with Crippen LogP contribution in [0, 0.1) is 12.7 Å². The van der Waals surface area contributed by atoms with Gasteiger partial charge in [0.05, 0.1) is 6.04 Å². The Kier molecular flexibility index (Phi) is 6.89. The molecule has 0 bridgehead atoms. The Balaban J connectivity index is 1.83. The van der Waals surface area contributed by atoms with E-state index in [0.29, 0.717) is 24.0 Å². The van der Waals surface area contributed by atoms with Gasteiger partial charge in [-0.05, 0) is 37.0 Å². The number of carbonyl (C=O) groups excluding carboxylic acids is 5. The zero-order valence-corrected chi connectivity index (χ0v) is 18.9. The van der Waals surface area contributed by atoms with Crippen LogP contribution >= 0.6 is 0 Å². The van der Waals surface area contributed by atoms with Crippen LogP contribution in [-0.2, 0) is 30.5 Å². The molecule has 1 N–H and O–H groups in total. The van der Waals surface area contributed by atoms with Gasteiger partial charge < -0.3 is 15.1 Å². The summed E-state index contributed by atoms with van der Waals surface area (Å²) in [6.07, 6.45) is 0.917. The van der Waals surface area contributed by atoms with E-state index in [1.807, 2.05) is 0 Å². The summed E-state index contributed by atoms with van der Waals surface area (Å²) in [6.45, 7) is 1.84. The molecule has 1 aromatic carbocycles. The Morgan fingerprint density at radius 3 is 2.52 bits per heavy atom. The molecule has 2 heterocycles. The molecule has 1 unspecified atom stereocenters. The van der Waals surface area contributed by atoms with Crippen molar-refractivity contribution in [1.82, 2.24) is 20.0 Å². The molecule has 1 fully saturated rings. The largest absolute Gasteiger partial charge is 0.350 e. The van der Waals surface area contributed by atoms with Crippen molar-refractivity contribution >= 4 is 35.2 Å². The van der Waals surface area contributed by atoms with Crippen molar-refractivity contribution < 1.29 is 28.4 Å². The van der Waals surface area contributed by atoms with Crippen LogP contribution in [0.4, 0.5) is 4.39 Å². The SMILES string of the molecule is Cc1cc(CNC(=O)C2N=C3[C@H](N(C)C(=O)C(=O)N(C)C)CCCN3C(=O)C2=O)ccc1F. The maximum atomic E-state index is 13.4. The summed E-state index contributed by atoms with van der Waals surface area (Å²) in [6, 6.07) is 2.01. The fraction of sp³-hybridized carbons (Fsp3) is 0.455. The van der Waals surface area contributed by atoms with Crippen molar-refractivity contribution in [1.29, 1.82) is 0 Å². The number of ketones is 1. The number of nitrogens with one attached hydrogen (secondary N) is 1. The number of hydrogen-bond acceptors (Lipinski definition) is 6. The zero-order chi connectivity index (χ0) is 24.4. The van der Waals surface area contributed by atoms with E-state index in [4.69, 9.17) is 0 Å². The first-order chi connectivity index (χ1) is 15.5. The minimum absolute atomic E-state index is 0.0195. The maximum Gasteiger partial charge on any atom is 0.312 e. The third-order valence-corrected chi connectivity index (χ3v) is 5.71. The Bertz CT molecular complexity index is 1050. The van der Waals surface area contributed by atoms with Crippen LogP contribution in [0.1, 0.15) is 24.0 Å². The van der Waals surface area contributed by atoms with Crippen molar-refractivity contribution in [3.8, 4) is 0 Å². The first-order valence-electron chi connectivity index (χ1n) is 10.5. The van der Waals surface area contributed by atoms with Gasteiger partial charge in [0, 0.05) is 34.2 Å². The quantitative estimate of drug-likeness (QED) is 0.487. The number of aryl methyl sites for hydroxylation is 1. The monoisotopic (exact) mass is 459 g/mol. The van der Waals surface area contributed by atoms with E-state index in [2.05, 4.69) is 10.3 Å². The second-order valence-corrected chi connectivity index (χ2v) is 8.29. The highest BCUT2D eigenvalue weighted by molar-refractivity contribution is 6.46. The molecule has 2 aliphatic rings. The molecule has 4 amide bonds.